The van der Waals surface area contributed by atoms with Crippen LogP contribution in [0.15, 0.2) is 42.7 Å². The summed E-state index contributed by atoms with van der Waals surface area (Å²) in [6, 6.07) is 9.18. The van der Waals surface area contributed by atoms with Crippen molar-refractivity contribution < 1.29 is 9.18 Å². The van der Waals surface area contributed by atoms with Gasteiger partial charge in [-0.1, -0.05) is 6.07 Å². The minimum Gasteiger partial charge on any atom is -0.334 e. The fraction of sp³-hybridized carbons (Fsp3) is 0.133. The number of pyridine rings is 1. The molecule has 0 unspecified atom stereocenters. The fourth-order valence-corrected chi connectivity index (χ4v) is 1.68. The molecule has 0 fully saturated rings. The summed E-state index contributed by atoms with van der Waals surface area (Å²) in [6.07, 6.45) is 3.28. The predicted octanol–water partition coefficient (Wildman–Crippen LogP) is 2.09. The summed E-state index contributed by atoms with van der Waals surface area (Å²) in [5, 5.41) is 13.9. The third kappa shape index (κ3) is 4.28. The lowest BCUT2D eigenvalue weighted by atomic mass is 10.1. The van der Waals surface area contributed by atoms with Crippen LogP contribution in [-0.4, -0.2) is 11.0 Å². The highest BCUT2D eigenvalue weighted by atomic mass is 19.1. The predicted molar refractivity (Wildman–Crippen MR) is 74.4 cm³/mol. The summed E-state index contributed by atoms with van der Waals surface area (Å²) in [6.45, 7) is 0.421. The van der Waals surface area contributed by atoms with E-state index in [1.54, 1.807) is 24.5 Å². The van der Waals surface area contributed by atoms with Gasteiger partial charge in [0.1, 0.15) is 5.82 Å². The van der Waals surface area contributed by atoms with Crippen molar-refractivity contribution in [3.8, 4) is 6.07 Å². The second-order valence-electron chi connectivity index (χ2n) is 4.31. The molecule has 0 saturated carbocycles. The van der Waals surface area contributed by atoms with Gasteiger partial charge in [-0.05, 0) is 29.8 Å². The van der Waals surface area contributed by atoms with Crippen LogP contribution in [-0.2, 0) is 13.1 Å². The van der Waals surface area contributed by atoms with Gasteiger partial charge in [0, 0.05) is 31.0 Å². The van der Waals surface area contributed by atoms with E-state index in [9.17, 15) is 9.18 Å². The Kier molecular flexibility index (Phi) is 4.83. The molecule has 0 aliphatic rings. The summed E-state index contributed by atoms with van der Waals surface area (Å²) in [5.41, 5.74) is 1.50. The summed E-state index contributed by atoms with van der Waals surface area (Å²) in [7, 11) is 0. The number of halogens is 1. The van der Waals surface area contributed by atoms with Crippen molar-refractivity contribution in [2.45, 2.75) is 13.1 Å². The van der Waals surface area contributed by atoms with E-state index in [1.165, 1.54) is 12.1 Å². The summed E-state index contributed by atoms with van der Waals surface area (Å²) in [5.74, 6) is -0.511. The van der Waals surface area contributed by atoms with Crippen LogP contribution in [0.2, 0.25) is 0 Å². The first-order chi connectivity index (χ1) is 10.2. The second-order valence-corrected chi connectivity index (χ2v) is 4.31. The monoisotopic (exact) mass is 284 g/mol. The first kappa shape index (κ1) is 14.5. The molecule has 0 spiro atoms. The number of hydrogen-bond acceptors (Lipinski definition) is 3. The van der Waals surface area contributed by atoms with Gasteiger partial charge in [-0.2, -0.15) is 5.26 Å². The van der Waals surface area contributed by atoms with Gasteiger partial charge in [-0.15, -0.1) is 0 Å². The molecule has 5 nitrogen and oxygen atoms in total. The van der Waals surface area contributed by atoms with Gasteiger partial charge >= 0.3 is 6.03 Å². The quantitative estimate of drug-likeness (QED) is 0.902. The van der Waals surface area contributed by atoms with Crippen LogP contribution in [0.5, 0.6) is 0 Å². The van der Waals surface area contributed by atoms with E-state index < -0.39 is 11.8 Å². The minimum absolute atomic E-state index is 0.0553. The molecule has 2 N–H and O–H groups in total. The highest BCUT2D eigenvalue weighted by Crippen LogP contribution is 2.09. The Morgan fingerprint density at radius 1 is 1.19 bits per heavy atom. The maximum absolute atomic E-state index is 13.6. The molecule has 0 aliphatic heterocycles. The molecule has 21 heavy (non-hydrogen) atoms. The molecular formula is C15H13FN4O. The molecule has 2 amide bonds. The van der Waals surface area contributed by atoms with Crippen molar-refractivity contribution in [1.82, 2.24) is 15.6 Å². The number of nitrogens with zero attached hydrogens (tertiary/aromatic N) is 2. The van der Waals surface area contributed by atoms with Crippen molar-refractivity contribution >= 4 is 6.03 Å². The van der Waals surface area contributed by atoms with Crippen LogP contribution in [0.3, 0.4) is 0 Å². The molecule has 1 aromatic heterocycles. The standard InChI is InChI=1S/C15H13FN4O/c16-14-7-12(8-17)1-2-13(14)10-20-15(21)19-9-11-3-5-18-6-4-11/h1-7H,9-10H2,(H2,19,20,21). The minimum atomic E-state index is -0.511. The van der Waals surface area contributed by atoms with Crippen LogP contribution in [0.1, 0.15) is 16.7 Å². The Labute approximate surface area is 121 Å². The van der Waals surface area contributed by atoms with Crippen molar-refractivity contribution in [2.24, 2.45) is 0 Å². The van der Waals surface area contributed by atoms with Gasteiger partial charge in [0.2, 0.25) is 0 Å². The molecule has 1 aromatic carbocycles. The van der Waals surface area contributed by atoms with Gasteiger partial charge < -0.3 is 10.6 Å². The maximum Gasteiger partial charge on any atom is 0.315 e. The number of rotatable bonds is 4. The molecule has 2 rings (SSSR count). The number of aromatic nitrogens is 1. The molecule has 6 heteroatoms. The van der Waals surface area contributed by atoms with Gasteiger partial charge in [0.15, 0.2) is 0 Å². The average Bonchev–Trinajstić information content (AvgIpc) is 2.52. The van der Waals surface area contributed by atoms with Crippen molar-refractivity contribution in [3.63, 3.8) is 0 Å². The topological polar surface area (TPSA) is 77.8 Å². The molecule has 106 valence electrons. The number of hydrogen-bond donors (Lipinski definition) is 2. The molecule has 0 radical (unpaired) electrons. The highest BCUT2D eigenvalue weighted by molar-refractivity contribution is 5.73. The van der Waals surface area contributed by atoms with E-state index in [2.05, 4.69) is 15.6 Å². The van der Waals surface area contributed by atoms with Crippen LogP contribution in [0.4, 0.5) is 9.18 Å². The molecule has 0 bridgehead atoms. The van der Waals surface area contributed by atoms with Gasteiger partial charge in [-0.3, -0.25) is 4.98 Å². The lowest BCUT2D eigenvalue weighted by molar-refractivity contribution is 0.240. The van der Waals surface area contributed by atoms with Crippen LogP contribution < -0.4 is 10.6 Å². The normalized spacial score (nSPS) is 9.71. The Balaban J connectivity index is 1.83. The van der Waals surface area contributed by atoms with Crippen molar-refractivity contribution in [3.05, 3.63) is 65.2 Å². The first-order valence-electron chi connectivity index (χ1n) is 6.28. The van der Waals surface area contributed by atoms with Gasteiger partial charge in [0.25, 0.3) is 0 Å². The third-order valence-corrected chi connectivity index (χ3v) is 2.82. The highest BCUT2D eigenvalue weighted by Gasteiger charge is 2.06. The Hall–Kier alpha value is -2.94. The van der Waals surface area contributed by atoms with E-state index in [-0.39, 0.29) is 12.1 Å². The molecule has 0 atom stereocenters. The van der Waals surface area contributed by atoms with E-state index in [1.807, 2.05) is 6.07 Å². The van der Waals surface area contributed by atoms with Crippen molar-refractivity contribution in [1.29, 1.82) is 5.26 Å². The maximum atomic E-state index is 13.6. The van der Waals surface area contributed by atoms with E-state index in [0.29, 0.717) is 12.1 Å². The molecule has 2 aromatic rings. The Morgan fingerprint density at radius 2 is 1.90 bits per heavy atom. The number of nitrogens with one attached hydrogen (secondary N) is 2. The van der Waals surface area contributed by atoms with Crippen LogP contribution in [0.25, 0.3) is 0 Å². The largest absolute Gasteiger partial charge is 0.334 e. The number of urea groups is 1. The van der Waals surface area contributed by atoms with Gasteiger partial charge in [-0.25, -0.2) is 9.18 Å². The summed E-state index contributed by atoms with van der Waals surface area (Å²) >= 11 is 0. The van der Waals surface area contributed by atoms with Gasteiger partial charge in [0.05, 0.1) is 11.6 Å². The van der Waals surface area contributed by atoms with Crippen LogP contribution >= 0.6 is 0 Å². The lowest BCUT2D eigenvalue weighted by Gasteiger charge is -2.08. The van der Waals surface area contributed by atoms with Crippen molar-refractivity contribution in [2.75, 3.05) is 0 Å². The average molecular weight is 284 g/mol. The fourth-order valence-electron chi connectivity index (χ4n) is 1.68. The third-order valence-electron chi connectivity index (χ3n) is 2.82. The number of nitriles is 1. The first-order valence-corrected chi connectivity index (χ1v) is 6.28. The zero-order valence-corrected chi connectivity index (χ0v) is 11.1. The molecule has 0 saturated heterocycles. The zero-order chi connectivity index (χ0) is 15.1. The van der Waals surface area contributed by atoms with E-state index in [0.717, 1.165) is 11.6 Å². The summed E-state index contributed by atoms with van der Waals surface area (Å²) in [4.78, 5) is 15.5. The molecule has 0 aliphatic carbocycles. The molecule has 1 heterocycles. The Morgan fingerprint density at radius 3 is 2.57 bits per heavy atom. The van der Waals surface area contributed by atoms with E-state index >= 15 is 0 Å². The summed E-state index contributed by atoms with van der Waals surface area (Å²) < 4.78 is 13.6. The number of benzene rings is 1. The number of carbonyl (C=O) groups excluding carboxylic acids is 1. The molecular weight excluding hydrogens is 271 g/mol. The smallest absolute Gasteiger partial charge is 0.315 e. The lowest BCUT2D eigenvalue weighted by Crippen LogP contribution is -2.34. The Bertz CT molecular complexity index is 667. The SMILES string of the molecule is N#Cc1ccc(CNC(=O)NCc2ccncc2)c(F)c1. The van der Waals surface area contributed by atoms with E-state index in [4.69, 9.17) is 5.26 Å². The second kappa shape index (κ2) is 7.01. The number of amides is 2. The zero-order valence-electron chi connectivity index (χ0n) is 11.1. The van der Waals surface area contributed by atoms with Crippen LogP contribution in [0, 0.1) is 17.1 Å². The number of carbonyl (C=O) groups is 1.